The lowest BCUT2D eigenvalue weighted by Gasteiger charge is -2.22. The van der Waals surface area contributed by atoms with Gasteiger partial charge in [-0.15, -0.1) is 0 Å². The van der Waals surface area contributed by atoms with Crippen molar-refractivity contribution in [3.05, 3.63) is 24.0 Å². The van der Waals surface area contributed by atoms with Gasteiger partial charge < -0.3 is 10.6 Å². The van der Waals surface area contributed by atoms with Crippen LogP contribution >= 0.6 is 0 Å². The standard InChI is InChI=1S/C16H22N6/c1-2-4-12(5-3-1)18-16-17-9-8-14(20-16)19-15-10-13(21-22-15)11-6-7-11/h8-12H,1-7H2,(H3,17,18,19,20,21,22). The molecule has 116 valence electrons. The van der Waals surface area contributed by atoms with Crippen molar-refractivity contribution in [2.24, 2.45) is 0 Å². The molecular weight excluding hydrogens is 276 g/mol. The number of aromatic amines is 1. The summed E-state index contributed by atoms with van der Waals surface area (Å²) in [5.41, 5.74) is 1.22. The van der Waals surface area contributed by atoms with Gasteiger partial charge in [0, 0.05) is 29.9 Å². The molecule has 0 atom stereocenters. The molecule has 0 bridgehead atoms. The van der Waals surface area contributed by atoms with Gasteiger partial charge in [-0.05, 0) is 31.7 Å². The van der Waals surface area contributed by atoms with Crippen LogP contribution < -0.4 is 10.6 Å². The van der Waals surface area contributed by atoms with E-state index in [1.54, 1.807) is 6.20 Å². The van der Waals surface area contributed by atoms with Gasteiger partial charge in [0.2, 0.25) is 5.95 Å². The van der Waals surface area contributed by atoms with Crippen molar-refractivity contribution in [1.29, 1.82) is 0 Å². The highest BCUT2D eigenvalue weighted by molar-refractivity contribution is 5.53. The highest BCUT2D eigenvalue weighted by atomic mass is 15.2. The van der Waals surface area contributed by atoms with Crippen LogP contribution in [-0.2, 0) is 0 Å². The van der Waals surface area contributed by atoms with E-state index < -0.39 is 0 Å². The first-order valence-electron chi connectivity index (χ1n) is 8.29. The minimum atomic E-state index is 0.510. The largest absolute Gasteiger partial charge is 0.351 e. The van der Waals surface area contributed by atoms with Crippen LogP contribution in [0.25, 0.3) is 0 Å². The highest BCUT2D eigenvalue weighted by Crippen LogP contribution is 2.39. The molecule has 3 N–H and O–H groups in total. The maximum atomic E-state index is 4.54. The summed E-state index contributed by atoms with van der Waals surface area (Å²) in [7, 11) is 0. The van der Waals surface area contributed by atoms with Crippen molar-refractivity contribution in [2.75, 3.05) is 10.6 Å². The van der Waals surface area contributed by atoms with Crippen LogP contribution in [0.3, 0.4) is 0 Å². The van der Waals surface area contributed by atoms with E-state index in [1.165, 1.54) is 50.6 Å². The molecule has 0 aromatic carbocycles. The fourth-order valence-electron chi connectivity index (χ4n) is 3.06. The first kappa shape index (κ1) is 13.5. The number of hydrogen-bond acceptors (Lipinski definition) is 5. The average molecular weight is 298 g/mol. The first-order chi connectivity index (χ1) is 10.9. The molecule has 6 heteroatoms. The number of nitrogens with one attached hydrogen (secondary N) is 3. The van der Waals surface area contributed by atoms with Crippen molar-refractivity contribution in [3.8, 4) is 0 Å². The number of aromatic nitrogens is 4. The summed E-state index contributed by atoms with van der Waals surface area (Å²) < 4.78 is 0. The fourth-order valence-corrected chi connectivity index (χ4v) is 3.06. The van der Waals surface area contributed by atoms with Gasteiger partial charge in [-0.3, -0.25) is 5.10 Å². The number of H-pyrrole nitrogens is 1. The Labute approximate surface area is 130 Å². The molecule has 2 aliphatic rings. The third-order valence-corrected chi connectivity index (χ3v) is 4.46. The van der Waals surface area contributed by atoms with Crippen LogP contribution in [0.1, 0.15) is 56.6 Å². The number of hydrogen-bond donors (Lipinski definition) is 3. The molecule has 0 spiro atoms. The van der Waals surface area contributed by atoms with Gasteiger partial charge in [-0.1, -0.05) is 19.3 Å². The summed E-state index contributed by atoms with van der Waals surface area (Å²) in [5.74, 6) is 2.98. The molecule has 2 aliphatic carbocycles. The van der Waals surface area contributed by atoms with Crippen LogP contribution in [0.4, 0.5) is 17.6 Å². The topological polar surface area (TPSA) is 78.5 Å². The molecule has 4 rings (SSSR count). The van der Waals surface area contributed by atoms with Gasteiger partial charge in [0.05, 0.1) is 0 Å². The van der Waals surface area contributed by atoms with E-state index in [2.05, 4.69) is 36.9 Å². The van der Waals surface area contributed by atoms with E-state index in [1.807, 2.05) is 6.07 Å². The maximum Gasteiger partial charge on any atom is 0.224 e. The Kier molecular flexibility index (Phi) is 3.66. The van der Waals surface area contributed by atoms with Crippen molar-refractivity contribution in [1.82, 2.24) is 20.2 Å². The molecular formula is C16H22N6. The fraction of sp³-hybridized carbons (Fsp3) is 0.562. The van der Waals surface area contributed by atoms with Crippen LogP contribution in [0, 0.1) is 0 Å². The third-order valence-electron chi connectivity index (χ3n) is 4.46. The van der Waals surface area contributed by atoms with Gasteiger partial charge in [0.1, 0.15) is 5.82 Å². The summed E-state index contributed by atoms with van der Waals surface area (Å²) in [6.45, 7) is 0. The molecule has 0 radical (unpaired) electrons. The number of anilines is 3. The molecule has 2 fully saturated rings. The second kappa shape index (κ2) is 5.94. The molecule has 22 heavy (non-hydrogen) atoms. The van der Waals surface area contributed by atoms with Crippen molar-refractivity contribution in [3.63, 3.8) is 0 Å². The predicted octanol–water partition coefficient (Wildman–Crippen LogP) is 3.57. The molecule has 2 aromatic heterocycles. The van der Waals surface area contributed by atoms with Gasteiger partial charge >= 0.3 is 0 Å². The average Bonchev–Trinajstić information content (AvgIpc) is 3.29. The van der Waals surface area contributed by atoms with Crippen molar-refractivity contribution in [2.45, 2.75) is 56.9 Å². The van der Waals surface area contributed by atoms with Crippen LogP contribution in [-0.4, -0.2) is 26.2 Å². The number of nitrogens with zero attached hydrogens (tertiary/aromatic N) is 3. The zero-order chi connectivity index (χ0) is 14.8. The molecule has 2 heterocycles. The lowest BCUT2D eigenvalue weighted by atomic mass is 9.96. The van der Waals surface area contributed by atoms with Gasteiger partial charge in [-0.2, -0.15) is 10.1 Å². The first-order valence-corrected chi connectivity index (χ1v) is 8.29. The Morgan fingerprint density at radius 1 is 1.05 bits per heavy atom. The Balaban J connectivity index is 1.41. The van der Waals surface area contributed by atoms with Crippen molar-refractivity contribution < 1.29 is 0 Å². The monoisotopic (exact) mass is 298 g/mol. The van der Waals surface area contributed by atoms with Gasteiger partial charge in [0.15, 0.2) is 5.82 Å². The van der Waals surface area contributed by atoms with E-state index >= 15 is 0 Å². The van der Waals surface area contributed by atoms with E-state index in [0.717, 1.165) is 11.6 Å². The van der Waals surface area contributed by atoms with Gasteiger partial charge in [0.25, 0.3) is 0 Å². The lowest BCUT2D eigenvalue weighted by Crippen LogP contribution is -2.23. The normalized spacial score (nSPS) is 19.1. The molecule has 0 saturated heterocycles. The minimum absolute atomic E-state index is 0.510. The summed E-state index contributed by atoms with van der Waals surface area (Å²) >= 11 is 0. The molecule has 0 aliphatic heterocycles. The molecule has 6 nitrogen and oxygen atoms in total. The van der Waals surface area contributed by atoms with Crippen LogP contribution in [0.5, 0.6) is 0 Å². The van der Waals surface area contributed by atoms with Crippen molar-refractivity contribution >= 4 is 17.6 Å². The van der Waals surface area contributed by atoms with E-state index in [0.29, 0.717) is 17.9 Å². The quantitative estimate of drug-likeness (QED) is 0.786. The molecule has 2 aromatic rings. The minimum Gasteiger partial charge on any atom is -0.351 e. The Morgan fingerprint density at radius 2 is 1.91 bits per heavy atom. The summed E-state index contributed by atoms with van der Waals surface area (Å²) in [5, 5.41) is 14.1. The summed E-state index contributed by atoms with van der Waals surface area (Å²) in [4.78, 5) is 8.87. The van der Waals surface area contributed by atoms with E-state index in [-0.39, 0.29) is 0 Å². The molecule has 0 amide bonds. The molecule has 2 saturated carbocycles. The SMILES string of the molecule is c1cc(Nc2cc(C3CC3)[nH]n2)nc(NC2CCCCC2)n1. The van der Waals surface area contributed by atoms with E-state index in [9.17, 15) is 0 Å². The highest BCUT2D eigenvalue weighted by Gasteiger charge is 2.25. The van der Waals surface area contributed by atoms with Gasteiger partial charge in [-0.25, -0.2) is 4.98 Å². The maximum absolute atomic E-state index is 4.54. The Morgan fingerprint density at radius 3 is 2.73 bits per heavy atom. The van der Waals surface area contributed by atoms with Crippen LogP contribution in [0.2, 0.25) is 0 Å². The Bertz CT molecular complexity index is 627. The zero-order valence-electron chi connectivity index (χ0n) is 12.7. The zero-order valence-corrected chi connectivity index (χ0v) is 12.7. The second-order valence-electron chi connectivity index (χ2n) is 6.35. The lowest BCUT2D eigenvalue weighted by molar-refractivity contribution is 0.461. The smallest absolute Gasteiger partial charge is 0.224 e. The predicted molar refractivity (Wildman–Crippen MR) is 86.4 cm³/mol. The van der Waals surface area contributed by atoms with Crippen LogP contribution in [0.15, 0.2) is 18.3 Å². The van der Waals surface area contributed by atoms with E-state index in [4.69, 9.17) is 0 Å². The Hall–Kier alpha value is -2.11. The number of rotatable bonds is 5. The third kappa shape index (κ3) is 3.21. The summed E-state index contributed by atoms with van der Waals surface area (Å²) in [6, 6.07) is 4.46. The second-order valence-corrected chi connectivity index (χ2v) is 6.35. The molecule has 0 unspecified atom stereocenters. The summed E-state index contributed by atoms with van der Waals surface area (Å²) in [6.07, 6.45) is 10.7.